The summed E-state index contributed by atoms with van der Waals surface area (Å²) in [7, 11) is 0. The zero-order chi connectivity index (χ0) is 11.9. The molecule has 0 aliphatic carbocycles. The molecule has 1 atom stereocenters. The predicted molar refractivity (Wildman–Crippen MR) is 66.6 cm³/mol. The van der Waals surface area contributed by atoms with Crippen molar-refractivity contribution in [3.05, 3.63) is 61.1 Å². The Labute approximate surface area is 101 Å². The number of aryl methyl sites for hydroxylation is 1. The van der Waals surface area contributed by atoms with Crippen LogP contribution in [0.3, 0.4) is 0 Å². The maximum atomic E-state index is 5.33. The van der Waals surface area contributed by atoms with Crippen LogP contribution in [0.1, 0.15) is 30.3 Å². The van der Waals surface area contributed by atoms with Crippen LogP contribution in [-0.4, -0.2) is 9.97 Å². The first-order valence-corrected chi connectivity index (χ1v) is 5.80. The summed E-state index contributed by atoms with van der Waals surface area (Å²) < 4.78 is 5.33. The van der Waals surface area contributed by atoms with Crippen molar-refractivity contribution in [1.29, 1.82) is 0 Å². The third-order valence-electron chi connectivity index (χ3n) is 2.72. The zero-order valence-corrected chi connectivity index (χ0v) is 9.75. The molecular weight excluding hydrogens is 212 g/mol. The van der Waals surface area contributed by atoms with Crippen molar-refractivity contribution in [2.45, 2.75) is 25.2 Å². The normalized spacial score (nSPS) is 12.2. The van der Waals surface area contributed by atoms with Crippen molar-refractivity contribution in [1.82, 2.24) is 9.97 Å². The van der Waals surface area contributed by atoms with Crippen LogP contribution in [0.5, 0.6) is 0 Å². The van der Waals surface area contributed by atoms with Gasteiger partial charge in [0, 0.05) is 24.7 Å². The summed E-state index contributed by atoms with van der Waals surface area (Å²) in [6, 6.07) is 5.74. The number of furan rings is 1. The van der Waals surface area contributed by atoms with Gasteiger partial charge in [-0.05, 0) is 31.0 Å². The molecule has 0 N–H and O–H groups in total. The molecule has 2 heterocycles. The smallest absolute Gasteiger partial charge is 0.131 e. The van der Waals surface area contributed by atoms with E-state index in [0.29, 0.717) is 5.92 Å². The first-order valence-electron chi connectivity index (χ1n) is 5.80. The average molecular weight is 228 g/mol. The maximum absolute atomic E-state index is 5.33. The largest absolute Gasteiger partial charge is 0.469 e. The van der Waals surface area contributed by atoms with Gasteiger partial charge >= 0.3 is 0 Å². The van der Waals surface area contributed by atoms with E-state index in [2.05, 4.69) is 16.5 Å². The maximum Gasteiger partial charge on any atom is 0.131 e. The second-order valence-corrected chi connectivity index (χ2v) is 3.95. The van der Waals surface area contributed by atoms with Crippen LogP contribution in [0.4, 0.5) is 0 Å². The molecule has 0 saturated heterocycles. The summed E-state index contributed by atoms with van der Waals surface area (Å²) in [5.74, 6) is 2.22. The van der Waals surface area contributed by atoms with Crippen LogP contribution in [0.25, 0.3) is 0 Å². The Bertz CT molecular complexity index is 437. The fourth-order valence-electron chi connectivity index (χ4n) is 1.85. The summed E-state index contributed by atoms with van der Waals surface area (Å²) >= 11 is 0. The van der Waals surface area contributed by atoms with Gasteiger partial charge in [0.1, 0.15) is 11.6 Å². The molecule has 88 valence electrons. The van der Waals surface area contributed by atoms with Crippen molar-refractivity contribution in [2.75, 3.05) is 0 Å². The van der Waals surface area contributed by atoms with Crippen LogP contribution < -0.4 is 0 Å². The quantitative estimate of drug-likeness (QED) is 0.711. The molecule has 2 aromatic rings. The van der Waals surface area contributed by atoms with Gasteiger partial charge in [0.05, 0.1) is 6.26 Å². The fourth-order valence-corrected chi connectivity index (χ4v) is 1.85. The minimum Gasteiger partial charge on any atom is -0.469 e. The molecule has 3 heteroatoms. The molecule has 2 rings (SSSR count). The molecule has 1 unspecified atom stereocenters. The lowest BCUT2D eigenvalue weighted by atomic mass is 9.97. The molecule has 2 aromatic heterocycles. The lowest BCUT2D eigenvalue weighted by molar-refractivity contribution is 0.481. The molecule has 0 amide bonds. The molecule has 0 spiro atoms. The van der Waals surface area contributed by atoms with Gasteiger partial charge in [0.15, 0.2) is 0 Å². The number of hydrogen-bond acceptors (Lipinski definition) is 3. The molecular formula is C14H16N2O. The lowest BCUT2D eigenvalue weighted by Crippen LogP contribution is -2.04. The standard InChI is InChI=1S/C14H16N2O/c1-2-5-12(14-15-9-4-10-16-14)7-8-13-6-3-11-17-13/h2-4,6,9-12H,1,5,7-8H2. The predicted octanol–water partition coefficient (Wildman–Crippen LogP) is 3.36. The van der Waals surface area contributed by atoms with Gasteiger partial charge in [-0.1, -0.05) is 6.08 Å². The molecule has 0 aromatic carbocycles. The summed E-state index contributed by atoms with van der Waals surface area (Å²) in [6.07, 6.45) is 9.97. The highest BCUT2D eigenvalue weighted by atomic mass is 16.3. The van der Waals surface area contributed by atoms with Crippen molar-refractivity contribution in [2.24, 2.45) is 0 Å². The van der Waals surface area contributed by atoms with Gasteiger partial charge in [-0.2, -0.15) is 0 Å². The van der Waals surface area contributed by atoms with Gasteiger partial charge in [-0.3, -0.25) is 0 Å². The van der Waals surface area contributed by atoms with Crippen LogP contribution in [-0.2, 0) is 6.42 Å². The van der Waals surface area contributed by atoms with Crippen molar-refractivity contribution >= 4 is 0 Å². The molecule has 0 saturated carbocycles. The Hall–Kier alpha value is -1.90. The van der Waals surface area contributed by atoms with Gasteiger partial charge < -0.3 is 4.42 Å². The summed E-state index contributed by atoms with van der Waals surface area (Å²) in [4.78, 5) is 8.62. The monoisotopic (exact) mass is 228 g/mol. The van der Waals surface area contributed by atoms with E-state index in [-0.39, 0.29) is 0 Å². The summed E-state index contributed by atoms with van der Waals surface area (Å²) in [5.41, 5.74) is 0. The van der Waals surface area contributed by atoms with E-state index in [9.17, 15) is 0 Å². The van der Waals surface area contributed by atoms with E-state index >= 15 is 0 Å². The van der Waals surface area contributed by atoms with Crippen LogP contribution in [0, 0.1) is 0 Å². The Morgan fingerprint density at radius 2 is 2.12 bits per heavy atom. The first-order chi connectivity index (χ1) is 8.40. The second kappa shape index (κ2) is 5.99. The van der Waals surface area contributed by atoms with E-state index in [1.165, 1.54) is 0 Å². The highest BCUT2D eigenvalue weighted by Crippen LogP contribution is 2.22. The van der Waals surface area contributed by atoms with Gasteiger partial charge in [-0.25, -0.2) is 9.97 Å². The number of aromatic nitrogens is 2. The van der Waals surface area contributed by atoms with Crippen molar-refractivity contribution in [3.63, 3.8) is 0 Å². The molecule has 17 heavy (non-hydrogen) atoms. The highest BCUT2D eigenvalue weighted by Gasteiger charge is 2.13. The summed E-state index contributed by atoms with van der Waals surface area (Å²) in [5, 5.41) is 0. The third kappa shape index (κ3) is 3.28. The number of hydrogen-bond donors (Lipinski definition) is 0. The average Bonchev–Trinajstić information content (AvgIpc) is 2.88. The molecule has 0 fully saturated rings. The van der Waals surface area contributed by atoms with Gasteiger partial charge in [0.2, 0.25) is 0 Å². The number of allylic oxidation sites excluding steroid dienone is 1. The van der Waals surface area contributed by atoms with E-state index in [4.69, 9.17) is 4.42 Å². The molecule has 0 bridgehead atoms. The Kier molecular flexibility index (Phi) is 4.08. The minimum absolute atomic E-state index is 0.318. The van der Waals surface area contributed by atoms with Gasteiger partial charge in [0.25, 0.3) is 0 Å². The Morgan fingerprint density at radius 1 is 1.29 bits per heavy atom. The first kappa shape index (κ1) is 11.6. The minimum atomic E-state index is 0.318. The topological polar surface area (TPSA) is 38.9 Å². The molecule has 3 nitrogen and oxygen atoms in total. The SMILES string of the molecule is C=CCC(CCc1ccco1)c1ncccn1. The van der Waals surface area contributed by atoms with Crippen molar-refractivity contribution in [3.8, 4) is 0 Å². The van der Waals surface area contributed by atoms with Gasteiger partial charge in [-0.15, -0.1) is 6.58 Å². The van der Waals surface area contributed by atoms with E-state index in [0.717, 1.165) is 30.8 Å². The Balaban J connectivity index is 2.00. The summed E-state index contributed by atoms with van der Waals surface area (Å²) in [6.45, 7) is 3.79. The van der Waals surface area contributed by atoms with Crippen molar-refractivity contribution < 1.29 is 4.42 Å². The number of rotatable bonds is 6. The third-order valence-corrected chi connectivity index (χ3v) is 2.72. The fraction of sp³-hybridized carbons (Fsp3) is 0.286. The highest BCUT2D eigenvalue weighted by molar-refractivity contribution is 5.03. The van der Waals surface area contributed by atoms with Crippen LogP contribution in [0.15, 0.2) is 53.9 Å². The molecule has 0 radical (unpaired) electrons. The zero-order valence-electron chi connectivity index (χ0n) is 9.75. The van der Waals surface area contributed by atoms with Crippen LogP contribution >= 0.6 is 0 Å². The molecule has 0 aliphatic heterocycles. The second-order valence-electron chi connectivity index (χ2n) is 3.95. The molecule has 0 aliphatic rings. The van der Waals surface area contributed by atoms with E-state index < -0.39 is 0 Å². The van der Waals surface area contributed by atoms with E-state index in [1.54, 1.807) is 18.7 Å². The lowest BCUT2D eigenvalue weighted by Gasteiger charge is -2.12. The van der Waals surface area contributed by atoms with E-state index in [1.807, 2.05) is 24.3 Å². The Morgan fingerprint density at radius 3 is 2.76 bits per heavy atom. The number of nitrogens with zero attached hydrogens (tertiary/aromatic N) is 2. The van der Waals surface area contributed by atoms with Crippen LogP contribution in [0.2, 0.25) is 0 Å².